The fraction of sp³-hybridized carbons (Fsp3) is 0.250. The number of fused-ring (bicyclic) bond motifs is 1. The molecule has 3 aromatic rings. The van der Waals surface area contributed by atoms with E-state index in [2.05, 4.69) is 27.4 Å². The van der Waals surface area contributed by atoms with Crippen molar-refractivity contribution >= 4 is 57.4 Å². The molecule has 0 saturated carbocycles. The van der Waals surface area contributed by atoms with Gasteiger partial charge in [0.15, 0.2) is 8.68 Å². The lowest BCUT2D eigenvalue weighted by Crippen LogP contribution is -2.22. The van der Waals surface area contributed by atoms with E-state index in [9.17, 15) is 4.79 Å². The van der Waals surface area contributed by atoms with Gasteiger partial charge in [-0.2, -0.15) is 0 Å². The molecule has 2 aromatic heterocycles. The van der Waals surface area contributed by atoms with Crippen LogP contribution in [0.4, 0.5) is 5.69 Å². The van der Waals surface area contributed by atoms with Crippen molar-refractivity contribution in [2.24, 2.45) is 0 Å². The number of carbonyl (C=O) groups excluding carboxylic acids is 1. The van der Waals surface area contributed by atoms with Gasteiger partial charge in [-0.25, -0.2) is 0 Å². The molecule has 124 valence electrons. The molecule has 1 amide bonds. The van der Waals surface area contributed by atoms with Gasteiger partial charge in [0.25, 0.3) is 0 Å². The lowest BCUT2D eigenvalue weighted by molar-refractivity contribution is -0.115. The van der Waals surface area contributed by atoms with E-state index in [1.165, 1.54) is 23.1 Å². The number of nitrogens with zero attached hydrogens (tertiary/aromatic N) is 3. The van der Waals surface area contributed by atoms with Crippen LogP contribution in [-0.2, 0) is 4.79 Å². The van der Waals surface area contributed by atoms with Crippen LogP contribution in [0, 0.1) is 0 Å². The molecule has 0 radical (unpaired) electrons. The summed E-state index contributed by atoms with van der Waals surface area (Å²) in [5, 5.41) is 11.9. The maximum atomic E-state index is 12.5. The molecule has 0 aliphatic rings. The second-order valence-corrected chi connectivity index (χ2v) is 8.97. The summed E-state index contributed by atoms with van der Waals surface area (Å²) in [6, 6.07) is 9.53. The molecule has 2 heterocycles. The average Bonchev–Trinajstić information content (AvgIpc) is 3.02. The molecular formula is C16H16N4OS3. The van der Waals surface area contributed by atoms with E-state index < -0.39 is 0 Å². The SMILES string of the molecule is CCSc1nnc(S[C@H](C)C(=O)Nc2cccc3ncccc23)s1. The summed E-state index contributed by atoms with van der Waals surface area (Å²) in [6.45, 7) is 3.95. The minimum absolute atomic E-state index is 0.0590. The van der Waals surface area contributed by atoms with E-state index >= 15 is 0 Å². The van der Waals surface area contributed by atoms with Gasteiger partial charge in [-0.1, -0.05) is 47.9 Å². The van der Waals surface area contributed by atoms with Crippen LogP contribution < -0.4 is 5.32 Å². The summed E-state index contributed by atoms with van der Waals surface area (Å²) in [4.78, 5) is 16.8. The van der Waals surface area contributed by atoms with E-state index in [1.54, 1.807) is 18.0 Å². The molecule has 0 bridgehead atoms. The van der Waals surface area contributed by atoms with E-state index in [1.807, 2.05) is 37.3 Å². The van der Waals surface area contributed by atoms with Gasteiger partial charge < -0.3 is 5.32 Å². The number of hydrogen-bond acceptors (Lipinski definition) is 7. The van der Waals surface area contributed by atoms with Crippen molar-refractivity contribution < 1.29 is 4.79 Å². The van der Waals surface area contributed by atoms with E-state index in [4.69, 9.17) is 0 Å². The molecule has 8 heteroatoms. The first-order chi connectivity index (χ1) is 11.7. The topological polar surface area (TPSA) is 67.8 Å². The Morgan fingerprint density at radius 3 is 2.92 bits per heavy atom. The quantitative estimate of drug-likeness (QED) is 0.646. The first kappa shape index (κ1) is 17.2. The Balaban J connectivity index is 1.69. The van der Waals surface area contributed by atoms with E-state index in [0.29, 0.717) is 0 Å². The second-order valence-electron chi connectivity index (χ2n) is 4.89. The number of aromatic nitrogens is 3. The predicted molar refractivity (Wildman–Crippen MR) is 102 cm³/mol. The molecule has 3 rings (SSSR count). The molecule has 0 spiro atoms. The van der Waals surface area contributed by atoms with Gasteiger partial charge in [-0.05, 0) is 36.9 Å². The van der Waals surface area contributed by atoms with Gasteiger partial charge >= 0.3 is 0 Å². The minimum atomic E-state index is -0.260. The maximum Gasteiger partial charge on any atom is 0.237 e. The van der Waals surface area contributed by atoms with Gasteiger partial charge in [0.05, 0.1) is 16.5 Å². The third-order valence-electron chi connectivity index (χ3n) is 3.21. The van der Waals surface area contributed by atoms with Crippen molar-refractivity contribution in [2.45, 2.75) is 27.8 Å². The van der Waals surface area contributed by atoms with Gasteiger partial charge in [-0.3, -0.25) is 9.78 Å². The highest BCUT2D eigenvalue weighted by Gasteiger charge is 2.18. The Morgan fingerprint density at radius 2 is 2.08 bits per heavy atom. The van der Waals surface area contributed by atoms with E-state index in [-0.39, 0.29) is 11.2 Å². The number of amides is 1. The van der Waals surface area contributed by atoms with Crippen LogP contribution in [0.15, 0.2) is 45.2 Å². The van der Waals surface area contributed by atoms with Gasteiger partial charge in [0.2, 0.25) is 5.91 Å². The third-order valence-corrected chi connectivity index (χ3v) is 6.33. The first-order valence-electron chi connectivity index (χ1n) is 7.45. The number of hydrogen-bond donors (Lipinski definition) is 1. The molecule has 0 fully saturated rings. The highest BCUT2D eigenvalue weighted by molar-refractivity contribution is 8.03. The Morgan fingerprint density at radius 1 is 1.25 bits per heavy atom. The summed E-state index contributed by atoms with van der Waals surface area (Å²) in [6.07, 6.45) is 1.74. The molecule has 1 aromatic carbocycles. The molecule has 1 atom stereocenters. The van der Waals surface area contributed by atoms with Gasteiger partial charge in [0.1, 0.15) is 0 Å². The number of carbonyl (C=O) groups is 1. The number of thioether (sulfide) groups is 2. The Labute approximate surface area is 152 Å². The van der Waals surface area contributed by atoms with Crippen molar-refractivity contribution in [3.63, 3.8) is 0 Å². The van der Waals surface area contributed by atoms with Crippen LogP contribution in [0.2, 0.25) is 0 Å². The molecular weight excluding hydrogens is 360 g/mol. The standard InChI is InChI=1S/C16H16N4OS3/c1-3-22-15-19-20-16(24-15)23-10(2)14(21)18-13-8-4-7-12-11(13)6-5-9-17-12/h4-10H,3H2,1-2H3,(H,18,21)/t10-/m1/s1. The van der Waals surface area contributed by atoms with Crippen LogP contribution in [0.1, 0.15) is 13.8 Å². The molecule has 0 aliphatic heterocycles. The van der Waals surface area contributed by atoms with Crippen LogP contribution in [0.5, 0.6) is 0 Å². The summed E-state index contributed by atoms with van der Waals surface area (Å²) in [5.74, 6) is 0.904. The lowest BCUT2D eigenvalue weighted by atomic mass is 10.2. The Bertz CT molecular complexity index is 847. The highest BCUT2D eigenvalue weighted by atomic mass is 32.2. The van der Waals surface area contributed by atoms with Crippen LogP contribution >= 0.6 is 34.9 Å². The van der Waals surface area contributed by atoms with Crippen molar-refractivity contribution in [3.05, 3.63) is 36.5 Å². The van der Waals surface area contributed by atoms with Crippen molar-refractivity contribution in [2.75, 3.05) is 11.1 Å². The second kappa shape index (κ2) is 7.96. The zero-order valence-corrected chi connectivity index (χ0v) is 15.7. The molecule has 5 nitrogen and oxygen atoms in total. The number of pyridine rings is 1. The van der Waals surface area contributed by atoms with Gasteiger partial charge in [0, 0.05) is 11.6 Å². The lowest BCUT2D eigenvalue weighted by Gasteiger charge is -2.12. The van der Waals surface area contributed by atoms with Crippen LogP contribution in [-0.4, -0.2) is 32.1 Å². The number of anilines is 1. The zero-order valence-electron chi connectivity index (χ0n) is 13.2. The smallest absolute Gasteiger partial charge is 0.237 e. The largest absolute Gasteiger partial charge is 0.324 e. The van der Waals surface area contributed by atoms with E-state index in [0.717, 1.165) is 31.0 Å². The average molecular weight is 377 g/mol. The highest BCUT2D eigenvalue weighted by Crippen LogP contribution is 2.31. The molecule has 1 N–H and O–H groups in total. The van der Waals surface area contributed by atoms with Crippen LogP contribution in [0.3, 0.4) is 0 Å². The number of rotatable bonds is 6. The first-order valence-corrected chi connectivity index (χ1v) is 10.1. The molecule has 0 aliphatic carbocycles. The predicted octanol–water partition coefficient (Wildman–Crippen LogP) is 4.32. The maximum absolute atomic E-state index is 12.5. The minimum Gasteiger partial charge on any atom is -0.324 e. The van der Waals surface area contributed by atoms with Gasteiger partial charge in [-0.15, -0.1) is 10.2 Å². The number of nitrogens with one attached hydrogen (secondary N) is 1. The number of benzene rings is 1. The summed E-state index contributed by atoms with van der Waals surface area (Å²) in [5.41, 5.74) is 1.64. The summed E-state index contributed by atoms with van der Waals surface area (Å²) < 4.78 is 1.75. The van der Waals surface area contributed by atoms with Crippen molar-refractivity contribution in [1.82, 2.24) is 15.2 Å². The Hall–Kier alpha value is -1.64. The zero-order chi connectivity index (χ0) is 16.9. The molecule has 24 heavy (non-hydrogen) atoms. The fourth-order valence-corrected chi connectivity index (χ4v) is 5.14. The molecule has 0 unspecified atom stereocenters. The molecule has 0 saturated heterocycles. The monoisotopic (exact) mass is 376 g/mol. The third kappa shape index (κ3) is 4.06. The normalized spacial score (nSPS) is 12.2. The van der Waals surface area contributed by atoms with Crippen molar-refractivity contribution in [3.8, 4) is 0 Å². The van der Waals surface area contributed by atoms with Crippen molar-refractivity contribution in [1.29, 1.82) is 0 Å². The fourth-order valence-electron chi connectivity index (χ4n) is 2.08. The summed E-state index contributed by atoms with van der Waals surface area (Å²) >= 11 is 4.61. The van der Waals surface area contributed by atoms with Crippen LogP contribution in [0.25, 0.3) is 10.9 Å². The Kier molecular flexibility index (Phi) is 5.70. The summed E-state index contributed by atoms with van der Waals surface area (Å²) in [7, 11) is 0.